The molecule has 0 saturated carbocycles. The zero-order valence-electron chi connectivity index (χ0n) is 15.7. The molecule has 3 heterocycles. The van der Waals surface area contributed by atoms with Gasteiger partial charge in [0.05, 0.1) is 13.2 Å². The Bertz CT molecular complexity index is 1060. The number of fused-ring (bicyclic) bond motifs is 2. The van der Waals surface area contributed by atoms with Crippen molar-refractivity contribution in [2.45, 2.75) is 12.5 Å². The molecule has 1 atom stereocenters. The van der Waals surface area contributed by atoms with Gasteiger partial charge in [-0.25, -0.2) is 0 Å². The van der Waals surface area contributed by atoms with Crippen molar-refractivity contribution in [2.24, 2.45) is 0 Å². The van der Waals surface area contributed by atoms with Crippen LogP contribution in [0.1, 0.15) is 16.1 Å². The summed E-state index contributed by atoms with van der Waals surface area (Å²) in [5.41, 5.74) is 1.94. The lowest BCUT2D eigenvalue weighted by Crippen LogP contribution is -2.41. The van der Waals surface area contributed by atoms with E-state index in [0.29, 0.717) is 55.1 Å². The summed E-state index contributed by atoms with van der Waals surface area (Å²) in [4.78, 5) is 27.7. The van der Waals surface area contributed by atoms with E-state index in [1.54, 1.807) is 11.0 Å². The number of ether oxygens (including phenoxy) is 2. The minimum Gasteiger partial charge on any atom is -0.480 e. The third-order valence-electron chi connectivity index (χ3n) is 5.28. The predicted molar refractivity (Wildman–Crippen MR) is 106 cm³/mol. The molecule has 5 rings (SSSR count). The lowest BCUT2D eigenvalue weighted by atomic mass is 10.1. The van der Waals surface area contributed by atoms with E-state index in [-0.39, 0.29) is 17.6 Å². The molecule has 2 amide bonds. The van der Waals surface area contributed by atoms with E-state index in [4.69, 9.17) is 13.9 Å². The zero-order chi connectivity index (χ0) is 19.8. The number of furan rings is 1. The standard InChI is InChI=1S/C22H20N2O5/c25-21(18-13-14-5-1-3-7-16(14)28-18)23-19-15-6-2-4-8-17(15)29-20(19)22(26)24-9-11-27-12-10-24/h1-8,18H,9-13H2,(H,23,25). The first-order chi connectivity index (χ1) is 14.2. The van der Waals surface area contributed by atoms with Crippen LogP contribution in [0.4, 0.5) is 5.69 Å². The second-order valence-corrected chi connectivity index (χ2v) is 7.11. The molecule has 0 radical (unpaired) electrons. The maximum Gasteiger partial charge on any atom is 0.291 e. The van der Waals surface area contributed by atoms with Crippen molar-refractivity contribution in [3.8, 4) is 5.75 Å². The number of hydrogen-bond donors (Lipinski definition) is 1. The molecule has 0 bridgehead atoms. The Morgan fingerprint density at radius 3 is 2.59 bits per heavy atom. The third-order valence-corrected chi connectivity index (χ3v) is 5.28. The van der Waals surface area contributed by atoms with Crippen LogP contribution in [-0.4, -0.2) is 49.1 Å². The first-order valence-electron chi connectivity index (χ1n) is 9.64. The topological polar surface area (TPSA) is 81.0 Å². The first-order valence-corrected chi connectivity index (χ1v) is 9.64. The predicted octanol–water partition coefficient (Wildman–Crippen LogP) is 2.85. The number of amides is 2. The Balaban J connectivity index is 1.44. The van der Waals surface area contributed by atoms with Gasteiger partial charge in [0.2, 0.25) is 5.76 Å². The summed E-state index contributed by atoms with van der Waals surface area (Å²) in [6.45, 7) is 1.96. The summed E-state index contributed by atoms with van der Waals surface area (Å²) in [5.74, 6) is 0.297. The van der Waals surface area contributed by atoms with Crippen LogP contribution in [-0.2, 0) is 16.0 Å². The Hall–Kier alpha value is -3.32. The van der Waals surface area contributed by atoms with Crippen molar-refractivity contribution < 1.29 is 23.5 Å². The second-order valence-electron chi connectivity index (χ2n) is 7.11. The Kier molecular flexibility index (Phi) is 4.44. The zero-order valence-corrected chi connectivity index (χ0v) is 15.7. The van der Waals surface area contributed by atoms with Gasteiger partial charge in [0.1, 0.15) is 17.0 Å². The molecule has 1 N–H and O–H groups in total. The quantitative estimate of drug-likeness (QED) is 0.741. The number of morpholine rings is 1. The molecule has 148 valence electrons. The summed E-state index contributed by atoms with van der Waals surface area (Å²) in [5, 5.41) is 3.58. The van der Waals surface area contributed by atoms with Gasteiger partial charge < -0.3 is 24.1 Å². The Labute approximate surface area is 167 Å². The molecule has 2 aliphatic heterocycles. The van der Waals surface area contributed by atoms with Crippen molar-refractivity contribution >= 4 is 28.5 Å². The minimum atomic E-state index is -0.646. The van der Waals surface area contributed by atoms with Crippen LogP contribution in [0.2, 0.25) is 0 Å². The van der Waals surface area contributed by atoms with E-state index in [1.807, 2.05) is 42.5 Å². The number of nitrogens with zero attached hydrogens (tertiary/aromatic N) is 1. The van der Waals surface area contributed by atoms with Crippen molar-refractivity contribution in [3.63, 3.8) is 0 Å². The van der Waals surface area contributed by atoms with E-state index in [0.717, 1.165) is 5.56 Å². The molecule has 1 fully saturated rings. The van der Waals surface area contributed by atoms with Crippen molar-refractivity contribution in [3.05, 3.63) is 59.9 Å². The van der Waals surface area contributed by atoms with Gasteiger partial charge in [-0.2, -0.15) is 0 Å². The maximum atomic E-state index is 13.1. The smallest absolute Gasteiger partial charge is 0.291 e. The van der Waals surface area contributed by atoms with E-state index in [2.05, 4.69) is 5.32 Å². The molecule has 7 heteroatoms. The normalized spacial score (nSPS) is 18.3. The molecule has 0 spiro atoms. The number of benzene rings is 2. The fourth-order valence-corrected chi connectivity index (χ4v) is 3.76. The van der Waals surface area contributed by atoms with Crippen molar-refractivity contribution in [1.82, 2.24) is 4.90 Å². The maximum absolute atomic E-state index is 13.1. The highest BCUT2D eigenvalue weighted by molar-refractivity contribution is 6.11. The summed E-state index contributed by atoms with van der Waals surface area (Å²) < 4.78 is 17.0. The average Bonchev–Trinajstić information content (AvgIpc) is 3.36. The van der Waals surface area contributed by atoms with Gasteiger partial charge in [-0.1, -0.05) is 30.3 Å². The molecule has 1 saturated heterocycles. The molecule has 29 heavy (non-hydrogen) atoms. The largest absolute Gasteiger partial charge is 0.480 e. The highest BCUT2D eigenvalue weighted by atomic mass is 16.5. The fraction of sp³-hybridized carbons (Fsp3) is 0.273. The van der Waals surface area contributed by atoms with Gasteiger partial charge in [0.25, 0.3) is 11.8 Å². The number of rotatable bonds is 3. The van der Waals surface area contributed by atoms with E-state index >= 15 is 0 Å². The molecule has 2 aromatic carbocycles. The molecule has 0 aliphatic carbocycles. The lowest BCUT2D eigenvalue weighted by molar-refractivity contribution is -0.122. The van der Waals surface area contributed by atoms with Crippen LogP contribution in [0.5, 0.6) is 5.75 Å². The molecule has 3 aromatic rings. The number of para-hydroxylation sites is 2. The molecule has 7 nitrogen and oxygen atoms in total. The summed E-state index contributed by atoms with van der Waals surface area (Å²) in [6.07, 6.45) is -0.155. The molecular weight excluding hydrogens is 372 g/mol. The van der Waals surface area contributed by atoms with Crippen molar-refractivity contribution in [2.75, 3.05) is 31.6 Å². The minimum absolute atomic E-state index is 0.136. The lowest BCUT2D eigenvalue weighted by Gasteiger charge is -2.26. The summed E-state index contributed by atoms with van der Waals surface area (Å²) in [6, 6.07) is 14.9. The van der Waals surface area contributed by atoms with Gasteiger partial charge in [-0.05, 0) is 23.8 Å². The van der Waals surface area contributed by atoms with Gasteiger partial charge in [-0.15, -0.1) is 0 Å². The number of hydrogen-bond acceptors (Lipinski definition) is 5. The van der Waals surface area contributed by atoms with Crippen LogP contribution < -0.4 is 10.1 Å². The molecular formula is C22H20N2O5. The summed E-state index contributed by atoms with van der Waals surface area (Å²) >= 11 is 0. The fourth-order valence-electron chi connectivity index (χ4n) is 3.76. The molecule has 2 aliphatic rings. The van der Waals surface area contributed by atoms with E-state index in [1.165, 1.54) is 0 Å². The Morgan fingerprint density at radius 2 is 1.76 bits per heavy atom. The average molecular weight is 392 g/mol. The van der Waals surface area contributed by atoms with Crippen LogP contribution in [0.15, 0.2) is 52.9 Å². The van der Waals surface area contributed by atoms with Gasteiger partial charge in [0, 0.05) is 24.9 Å². The van der Waals surface area contributed by atoms with Crippen LogP contribution in [0.3, 0.4) is 0 Å². The van der Waals surface area contributed by atoms with Gasteiger partial charge >= 0.3 is 0 Å². The van der Waals surface area contributed by atoms with Crippen molar-refractivity contribution in [1.29, 1.82) is 0 Å². The Morgan fingerprint density at radius 1 is 1.00 bits per heavy atom. The monoisotopic (exact) mass is 392 g/mol. The number of carbonyl (C=O) groups excluding carboxylic acids is 2. The SMILES string of the molecule is O=C(Nc1c(C(=O)N2CCOCC2)oc2ccccc12)C1Cc2ccccc2O1. The van der Waals surface area contributed by atoms with Crippen LogP contribution in [0, 0.1) is 0 Å². The molecule has 1 aromatic heterocycles. The third kappa shape index (κ3) is 3.23. The second kappa shape index (κ2) is 7.25. The van der Waals surface area contributed by atoms with Gasteiger partial charge in [0.15, 0.2) is 6.10 Å². The summed E-state index contributed by atoms with van der Waals surface area (Å²) in [7, 11) is 0. The highest BCUT2D eigenvalue weighted by Crippen LogP contribution is 2.34. The van der Waals surface area contributed by atoms with Crippen LogP contribution >= 0.6 is 0 Å². The van der Waals surface area contributed by atoms with E-state index < -0.39 is 6.10 Å². The van der Waals surface area contributed by atoms with E-state index in [9.17, 15) is 9.59 Å². The van der Waals surface area contributed by atoms with Gasteiger partial charge in [-0.3, -0.25) is 9.59 Å². The number of nitrogens with one attached hydrogen (secondary N) is 1. The number of anilines is 1. The number of carbonyl (C=O) groups is 2. The van der Waals surface area contributed by atoms with Crippen LogP contribution in [0.25, 0.3) is 11.0 Å². The first kappa shape index (κ1) is 17.8. The molecule has 1 unspecified atom stereocenters. The highest BCUT2D eigenvalue weighted by Gasteiger charge is 2.32.